The van der Waals surface area contributed by atoms with Crippen molar-refractivity contribution in [2.24, 2.45) is 5.92 Å². The van der Waals surface area contributed by atoms with Gasteiger partial charge in [0.2, 0.25) is 15.9 Å². The van der Waals surface area contributed by atoms with E-state index in [9.17, 15) is 17.6 Å². The van der Waals surface area contributed by atoms with Crippen LogP contribution in [0.3, 0.4) is 0 Å². The number of sulfonamides is 1. The van der Waals surface area contributed by atoms with Crippen LogP contribution in [0, 0.1) is 11.7 Å². The van der Waals surface area contributed by atoms with Gasteiger partial charge in [0.1, 0.15) is 0 Å². The molecule has 0 N–H and O–H groups in total. The number of benzene rings is 1. The third-order valence-electron chi connectivity index (χ3n) is 3.94. The van der Waals surface area contributed by atoms with Gasteiger partial charge in [-0.05, 0) is 24.1 Å². The molecule has 134 valence electrons. The van der Waals surface area contributed by atoms with E-state index in [0.29, 0.717) is 19.5 Å². The second-order valence-corrected chi connectivity index (χ2v) is 8.12. The van der Waals surface area contributed by atoms with Crippen LogP contribution in [0.15, 0.2) is 23.1 Å². The van der Waals surface area contributed by atoms with Crippen molar-refractivity contribution in [2.75, 3.05) is 33.3 Å². The molecule has 1 saturated heterocycles. The molecule has 0 spiro atoms. The molecule has 0 unspecified atom stereocenters. The van der Waals surface area contributed by atoms with Crippen molar-refractivity contribution in [2.45, 2.75) is 25.2 Å². The Hall–Kier alpha value is -1.67. The highest BCUT2D eigenvalue weighted by Crippen LogP contribution is 2.24. The maximum atomic E-state index is 13.8. The second kappa shape index (κ2) is 7.48. The number of nitrogens with zero attached hydrogens (tertiary/aromatic N) is 2. The molecule has 1 aliphatic rings. The Labute approximate surface area is 142 Å². The first kappa shape index (κ1) is 18.7. The summed E-state index contributed by atoms with van der Waals surface area (Å²) >= 11 is 0. The molecule has 0 radical (unpaired) electrons. The largest absolute Gasteiger partial charge is 0.494 e. The molecule has 1 aromatic carbocycles. The van der Waals surface area contributed by atoms with Gasteiger partial charge in [-0.1, -0.05) is 13.8 Å². The fourth-order valence-corrected chi connectivity index (χ4v) is 4.05. The number of halogens is 1. The van der Waals surface area contributed by atoms with Crippen LogP contribution >= 0.6 is 0 Å². The summed E-state index contributed by atoms with van der Waals surface area (Å²) in [6.07, 6.45) is 0.455. The summed E-state index contributed by atoms with van der Waals surface area (Å²) in [6, 6.07) is 3.59. The standard InChI is InChI=1S/C16H23FN2O4S/c1-12(2)10-16(20)18-6-8-19(9-7-18)24(21,22)13-4-5-15(23-3)14(17)11-13/h4-5,11-12H,6-10H2,1-3H3. The zero-order chi connectivity index (χ0) is 17.9. The van der Waals surface area contributed by atoms with Gasteiger partial charge in [-0.3, -0.25) is 4.79 Å². The van der Waals surface area contributed by atoms with Crippen LogP contribution in [0.2, 0.25) is 0 Å². The van der Waals surface area contributed by atoms with Gasteiger partial charge in [0, 0.05) is 32.6 Å². The highest BCUT2D eigenvalue weighted by molar-refractivity contribution is 7.89. The maximum absolute atomic E-state index is 13.8. The summed E-state index contributed by atoms with van der Waals surface area (Å²) in [4.78, 5) is 13.6. The zero-order valence-electron chi connectivity index (χ0n) is 14.2. The molecule has 0 aliphatic carbocycles. The quantitative estimate of drug-likeness (QED) is 0.804. The average molecular weight is 358 g/mol. The molecule has 1 heterocycles. The Morgan fingerprint density at radius 3 is 2.38 bits per heavy atom. The number of hydrogen-bond acceptors (Lipinski definition) is 4. The van der Waals surface area contributed by atoms with Crippen LogP contribution in [-0.2, 0) is 14.8 Å². The molecule has 1 aromatic rings. The highest BCUT2D eigenvalue weighted by Gasteiger charge is 2.30. The lowest BCUT2D eigenvalue weighted by Gasteiger charge is -2.34. The van der Waals surface area contributed by atoms with Crippen molar-refractivity contribution in [3.05, 3.63) is 24.0 Å². The van der Waals surface area contributed by atoms with Crippen molar-refractivity contribution >= 4 is 15.9 Å². The van der Waals surface area contributed by atoms with Crippen LogP contribution in [0.4, 0.5) is 4.39 Å². The Morgan fingerprint density at radius 1 is 1.25 bits per heavy atom. The predicted molar refractivity (Wildman–Crippen MR) is 87.7 cm³/mol. The summed E-state index contributed by atoms with van der Waals surface area (Å²) in [5, 5.41) is 0. The third kappa shape index (κ3) is 4.05. The third-order valence-corrected chi connectivity index (χ3v) is 5.83. The van der Waals surface area contributed by atoms with Crippen LogP contribution < -0.4 is 4.74 Å². The van der Waals surface area contributed by atoms with Gasteiger partial charge in [-0.25, -0.2) is 12.8 Å². The average Bonchev–Trinajstić information content (AvgIpc) is 2.54. The molecular formula is C16H23FN2O4S. The Kier molecular flexibility index (Phi) is 5.82. The SMILES string of the molecule is COc1ccc(S(=O)(=O)N2CCN(C(=O)CC(C)C)CC2)cc1F. The minimum atomic E-state index is -3.78. The normalized spacial score (nSPS) is 16.5. The van der Waals surface area contributed by atoms with E-state index >= 15 is 0 Å². The maximum Gasteiger partial charge on any atom is 0.243 e. The number of carbonyl (C=O) groups excluding carboxylic acids is 1. The van der Waals surface area contributed by atoms with Crippen molar-refractivity contribution in [1.29, 1.82) is 0 Å². The molecule has 1 fully saturated rings. The van der Waals surface area contributed by atoms with E-state index in [1.807, 2.05) is 13.8 Å². The van der Waals surface area contributed by atoms with E-state index in [-0.39, 0.29) is 35.6 Å². The molecule has 1 aliphatic heterocycles. The summed E-state index contributed by atoms with van der Waals surface area (Å²) in [5.41, 5.74) is 0. The summed E-state index contributed by atoms with van der Waals surface area (Å²) in [7, 11) is -2.46. The number of hydrogen-bond donors (Lipinski definition) is 0. The Bertz CT molecular complexity index is 698. The molecule has 0 saturated carbocycles. The van der Waals surface area contributed by atoms with Gasteiger partial charge in [0.15, 0.2) is 11.6 Å². The molecule has 6 nitrogen and oxygen atoms in total. The van der Waals surface area contributed by atoms with Crippen LogP contribution in [0.1, 0.15) is 20.3 Å². The molecule has 0 bridgehead atoms. The summed E-state index contributed by atoms with van der Waals surface area (Å²) in [6.45, 7) is 5.06. The van der Waals surface area contributed by atoms with Gasteiger partial charge in [0.25, 0.3) is 0 Å². The first-order chi connectivity index (χ1) is 11.3. The van der Waals surface area contributed by atoms with Gasteiger partial charge in [-0.15, -0.1) is 0 Å². The number of rotatable bonds is 5. The first-order valence-corrected chi connectivity index (χ1v) is 9.31. The fraction of sp³-hybridized carbons (Fsp3) is 0.562. The minimum Gasteiger partial charge on any atom is -0.494 e. The summed E-state index contributed by atoms with van der Waals surface area (Å²) < 4.78 is 45.1. The molecule has 24 heavy (non-hydrogen) atoms. The van der Waals surface area contributed by atoms with Crippen molar-refractivity contribution in [1.82, 2.24) is 9.21 Å². The van der Waals surface area contributed by atoms with Gasteiger partial charge in [-0.2, -0.15) is 4.31 Å². The zero-order valence-corrected chi connectivity index (χ0v) is 15.0. The molecule has 0 aromatic heterocycles. The van der Waals surface area contributed by atoms with E-state index in [1.54, 1.807) is 4.90 Å². The lowest BCUT2D eigenvalue weighted by atomic mass is 10.1. The smallest absolute Gasteiger partial charge is 0.243 e. The number of carbonyl (C=O) groups is 1. The molecule has 0 atom stereocenters. The number of piperazine rings is 1. The Morgan fingerprint density at radius 2 is 1.88 bits per heavy atom. The second-order valence-electron chi connectivity index (χ2n) is 6.18. The highest BCUT2D eigenvalue weighted by atomic mass is 32.2. The summed E-state index contributed by atoms with van der Waals surface area (Å²) in [5.74, 6) is -0.415. The van der Waals surface area contributed by atoms with Crippen LogP contribution in [-0.4, -0.2) is 56.8 Å². The molecule has 8 heteroatoms. The Balaban J connectivity index is 2.07. The van der Waals surface area contributed by atoms with E-state index < -0.39 is 15.8 Å². The fourth-order valence-electron chi connectivity index (χ4n) is 2.61. The minimum absolute atomic E-state index is 0.00180. The van der Waals surface area contributed by atoms with Crippen molar-refractivity contribution < 1.29 is 22.3 Å². The lowest BCUT2D eigenvalue weighted by molar-refractivity contribution is -0.133. The van der Waals surface area contributed by atoms with Gasteiger partial charge >= 0.3 is 0 Å². The van der Waals surface area contributed by atoms with E-state index in [4.69, 9.17) is 4.74 Å². The van der Waals surface area contributed by atoms with Crippen LogP contribution in [0.5, 0.6) is 5.75 Å². The van der Waals surface area contributed by atoms with E-state index in [1.165, 1.54) is 23.5 Å². The molecular weight excluding hydrogens is 335 g/mol. The van der Waals surface area contributed by atoms with Crippen molar-refractivity contribution in [3.63, 3.8) is 0 Å². The van der Waals surface area contributed by atoms with Gasteiger partial charge < -0.3 is 9.64 Å². The predicted octanol–water partition coefficient (Wildman–Crippen LogP) is 1.71. The monoisotopic (exact) mass is 358 g/mol. The van der Waals surface area contributed by atoms with Crippen LogP contribution in [0.25, 0.3) is 0 Å². The number of amides is 1. The van der Waals surface area contributed by atoms with E-state index in [2.05, 4.69) is 0 Å². The number of ether oxygens (including phenoxy) is 1. The molecule has 1 amide bonds. The van der Waals surface area contributed by atoms with Crippen molar-refractivity contribution in [3.8, 4) is 5.75 Å². The first-order valence-electron chi connectivity index (χ1n) is 7.87. The van der Waals surface area contributed by atoms with E-state index in [0.717, 1.165) is 6.07 Å². The molecule has 2 rings (SSSR count). The van der Waals surface area contributed by atoms with Gasteiger partial charge in [0.05, 0.1) is 12.0 Å². The lowest BCUT2D eigenvalue weighted by Crippen LogP contribution is -2.50. The number of methoxy groups -OCH3 is 1. The topological polar surface area (TPSA) is 66.9 Å².